The Morgan fingerprint density at radius 2 is 2.46 bits per heavy atom. The smallest absolute Gasteiger partial charge is 0.225 e. The fourth-order valence-electron chi connectivity index (χ4n) is 1.19. The van der Waals surface area contributed by atoms with Crippen LogP contribution in [0.2, 0.25) is 0 Å². The molecule has 0 radical (unpaired) electrons. The highest BCUT2D eigenvalue weighted by Gasteiger charge is 2.14. The zero-order valence-electron chi connectivity index (χ0n) is 6.99. The van der Waals surface area contributed by atoms with Crippen LogP contribution >= 0.6 is 0 Å². The van der Waals surface area contributed by atoms with E-state index in [-0.39, 0.29) is 5.78 Å². The monoisotopic (exact) mass is 175 g/mol. The Balaban J connectivity index is 2.18. The van der Waals surface area contributed by atoms with Gasteiger partial charge in [0.15, 0.2) is 5.76 Å². The molecule has 0 spiro atoms. The maximum absolute atomic E-state index is 11.6. The van der Waals surface area contributed by atoms with Gasteiger partial charge in [-0.1, -0.05) is 6.08 Å². The molecule has 0 amide bonds. The number of furan rings is 1. The van der Waals surface area contributed by atoms with Crippen molar-refractivity contribution in [2.75, 3.05) is 0 Å². The summed E-state index contributed by atoms with van der Waals surface area (Å²) in [4.78, 5) is 11.6. The topological polar surface area (TPSA) is 42.2 Å². The van der Waals surface area contributed by atoms with Crippen molar-refractivity contribution < 1.29 is 9.21 Å². The van der Waals surface area contributed by atoms with Gasteiger partial charge in [0, 0.05) is 11.8 Å². The summed E-state index contributed by atoms with van der Waals surface area (Å²) in [6, 6.07) is 3.38. The van der Waals surface area contributed by atoms with Crippen molar-refractivity contribution in [3.8, 4) is 0 Å². The second kappa shape index (κ2) is 3.31. The average Bonchev–Trinajstić information content (AvgIpc) is 2.71. The first-order valence-electron chi connectivity index (χ1n) is 4.06. The Morgan fingerprint density at radius 3 is 3.08 bits per heavy atom. The quantitative estimate of drug-likeness (QED) is 0.697. The molecular formula is C10H9NO2. The highest BCUT2D eigenvalue weighted by molar-refractivity contribution is 6.06. The molecule has 0 saturated heterocycles. The van der Waals surface area contributed by atoms with Gasteiger partial charge in [-0.2, -0.15) is 0 Å². The first-order valence-corrected chi connectivity index (χ1v) is 4.06. The van der Waals surface area contributed by atoms with Crippen molar-refractivity contribution >= 4 is 5.78 Å². The van der Waals surface area contributed by atoms with Gasteiger partial charge >= 0.3 is 0 Å². The van der Waals surface area contributed by atoms with Crippen LogP contribution < -0.4 is 5.32 Å². The highest BCUT2D eigenvalue weighted by atomic mass is 16.3. The Morgan fingerprint density at radius 1 is 1.54 bits per heavy atom. The highest BCUT2D eigenvalue weighted by Crippen LogP contribution is 2.13. The number of hydrogen-bond acceptors (Lipinski definition) is 3. The van der Waals surface area contributed by atoms with E-state index < -0.39 is 0 Å². The van der Waals surface area contributed by atoms with Crippen LogP contribution in [0, 0.1) is 0 Å². The van der Waals surface area contributed by atoms with Gasteiger partial charge in [0.2, 0.25) is 5.78 Å². The molecule has 66 valence electrons. The van der Waals surface area contributed by atoms with Gasteiger partial charge in [-0.3, -0.25) is 4.79 Å². The van der Waals surface area contributed by atoms with Crippen LogP contribution in [0.1, 0.15) is 17.0 Å². The maximum atomic E-state index is 11.6. The number of ketones is 1. The summed E-state index contributed by atoms with van der Waals surface area (Å²) >= 11 is 0. The first-order chi connectivity index (χ1) is 6.38. The lowest BCUT2D eigenvalue weighted by molar-refractivity contribution is 0.100. The average molecular weight is 175 g/mol. The van der Waals surface area contributed by atoms with Crippen LogP contribution in [0.25, 0.3) is 0 Å². The van der Waals surface area contributed by atoms with E-state index >= 15 is 0 Å². The van der Waals surface area contributed by atoms with Gasteiger partial charge in [-0.25, -0.2) is 0 Å². The Hall–Kier alpha value is -1.77. The predicted molar refractivity (Wildman–Crippen MR) is 48.0 cm³/mol. The lowest BCUT2D eigenvalue weighted by Crippen LogP contribution is -2.09. The summed E-state index contributed by atoms with van der Waals surface area (Å²) in [5.74, 6) is 0.338. The lowest BCUT2D eigenvalue weighted by atomic mass is 10.1. The van der Waals surface area contributed by atoms with Gasteiger partial charge in [0.25, 0.3) is 0 Å². The number of rotatable bonds is 2. The fourth-order valence-corrected chi connectivity index (χ4v) is 1.19. The predicted octanol–water partition coefficient (Wildman–Crippen LogP) is 1.85. The summed E-state index contributed by atoms with van der Waals surface area (Å²) in [5, 5.41) is 2.87. The van der Waals surface area contributed by atoms with E-state index in [1.165, 1.54) is 6.26 Å². The molecule has 0 aliphatic carbocycles. The number of carbonyl (C=O) groups excluding carboxylic acids is 1. The van der Waals surface area contributed by atoms with Crippen LogP contribution in [0.5, 0.6) is 0 Å². The number of carbonyl (C=O) groups is 1. The third-order valence-corrected chi connectivity index (χ3v) is 1.85. The minimum atomic E-state index is -0.0538. The SMILES string of the molecule is O=C(C1=CNC=CC1)c1ccco1. The molecule has 1 aromatic heterocycles. The van der Waals surface area contributed by atoms with E-state index in [0.717, 1.165) is 5.57 Å². The van der Waals surface area contributed by atoms with Crippen molar-refractivity contribution in [3.63, 3.8) is 0 Å². The molecule has 0 atom stereocenters. The Bertz CT molecular complexity index is 360. The molecule has 1 aliphatic rings. The van der Waals surface area contributed by atoms with Gasteiger partial charge in [-0.15, -0.1) is 0 Å². The summed E-state index contributed by atoms with van der Waals surface area (Å²) in [6.45, 7) is 0. The molecule has 1 aliphatic heterocycles. The first kappa shape index (κ1) is 7.86. The zero-order chi connectivity index (χ0) is 9.10. The molecule has 0 fully saturated rings. The van der Waals surface area contributed by atoms with E-state index in [4.69, 9.17) is 4.42 Å². The minimum absolute atomic E-state index is 0.0538. The Labute approximate surface area is 75.7 Å². The normalized spacial score (nSPS) is 14.9. The summed E-state index contributed by atoms with van der Waals surface area (Å²) < 4.78 is 5.01. The van der Waals surface area contributed by atoms with Crippen LogP contribution in [0.15, 0.2) is 46.9 Å². The van der Waals surface area contributed by atoms with Crippen LogP contribution in [-0.2, 0) is 0 Å². The van der Waals surface area contributed by atoms with Crippen molar-refractivity contribution in [1.82, 2.24) is 5.32 Å². The van der Waals surface area contributed by atoms with Crippen LogP contribution in [-0.4, -0.2) is 5.78 Å². The number of Topliss-reactive ketones (excluding diaryl/α,β-unsaturated/α-hetero) is 1. The second-order valence-corrected chi connectivity index (χ2v) is 2.75. The second-order valence-electron chi connectivity index (χ2n) is 2.75. The van der Waals surface area contributed by atoms with Gasteiger partial charge in [0.1, 0.15) is 0 Å². The van der Waals surface area contributed by atoms with Gasteiger partial charge in [-0.05, 0) is 24.8 Å². The van der Waals surface area contributed by atoms with Crippen molar-refractivity contribution in [3.05, 3.63) is 48.2 Å². The third kappa shape index (κ3) is 1.54. The van der Waals surface area contributed by atoms with Crippen LogP contribution in [0.3, 0.4) is 0 Å². The summed E-state index contributed by atoms with van der Waals surface area (Å²) in [6.07, 6.45) is 7.56. The molecule has 1 aromatic rings. The largest absolute Gasteiger partial charge is 0.461 e. The molecule has 1 N–H and O–H groups in total. The van der Waals surface area contributed by atoms with Gasteiger partial charge < -0.3 is 9.73 Å². The van der Waals surface area contributed by atoms with Gasteiger partial charge in [0.05, 0.1) is 6.26 Å². The van der Waals surface area contributed by atoms with E-state index in [0.29, 0.717) is 12.2 Å². The zero-order valence-corrected chi connectivity index (χ0v) is 6.99. The number of hydrogen-bond donors (Lipinski definition) is 1. The molecule has 0 unspecified atom stereocenters. The summed E-state index contributed by atoms with van der Waals surface area (Å²) in [7, 11) is 0. The molecular weight excluding hydrogens is 166 g/mol. The van der Waals surface area contributed by atoms with Crippen molar-refractivity contribution in [1.29, 1.82) is 0 Å². The standard InChI is InChI=1S/C10H9NO2/c12-10(9-4-2-6-13-9)8-3-1-5-11-7-8/h1-2,4-7,11H,3H2. The van der Waals surface area contributed by atoms with Crippen molar-refractivity contribution in [2.45, 2.75) is 6.42 Å². The number of dihydropyridines is 1. The third-order valence-electron chi connectivity index (χ3n) is 1.85. The van der Waals surface area contributed by atoms with E-state index in [9.17, 15) is 4.79 Å². The van der Waals surface area contributed by atoms with Crippen LogP contribution in [0.4, 0.5) is 0 Å². The molecule has 3 heteroatoms. The molecule has 0 bridgehead atoms. The molecule has 0 aromatic carbocycles. The van der Waals surface area contributed by atoms with E-state index in [1.54, 1.807) is 24.5 Å². The lowest BCUT2D eigenvalue weighted by Gasteiger charge is -2.05. The van der Waals surface area contributed by atoms with E-state index in [1.807, 2.05) is 6.08 Å². The number of nitrogens with one attached hydrogen (secondary N) is 1. The number of allylic oxidation sites excluding steroid dienone is 2. The molecule has 13 heavy (non-hydrogen) atoms. The minimum Gasteiger partial charge on any atom is -0.461 e. The maximum Gasteiger partial charge on any atom is 0.225 e. The van der Waals surface area contributed by atoms with E-state index in [2.05, 4.69) is 5.32 Å². The molecule has 2 heterocycles. The summed E-state index contributed by atoms with van der Waals surface area (Å²) in [5.41, 5.74) is 0.720. The Kier molecular flexibility index (Phi) is 2.00. The fraction of sp³-hybridized carbons (Fsp3) is 0.100. The molecule has 2 rings (SSSR count). The van der Waals surface area contributed by atoms with Crippen molar-refractivity contribution in [2.24, 2.45) is 0 Å². The molecule has 0 saturated carbocycles. The molecule has 3 nitrogen and oxygen atoms in total.